The highest BCUT2D eigenvalue weighted by atomic mass is 32.2. The van der Waals surface area contributed by atoms with Gasteiger partial charge in [-0.25, -0.2) is 8.42 Å². The van der Waals surface area contributed by atoms with Crippen LogP contribution in [0.3, 0.4) is 0 Å². The minimum absolute atomic E-state index is 0.119. The molecular formula is C14H19NO5S. The van der Waals surface area contributed by atoms with E-state index in [-0.39, 0.29) is 23.5 Å². The molecule has 1 aliphatic heterocycles. The van der Waals surface area contributed by atoms with Crippen LogP contribution in [0, 0.1) is 0 Å². The second-order valence-corrected chi connectivity index (χ2v) is 7.23. The maximum Gasteiger partial charge on any atom is 0.307 e. The molecule has 1 heterocycles. The van der Waals surface area contributed by atoms with Crippen molar-refractivity contribution in [3.63, 3.8) is 0 Å². The minimum Gasteiger partial charge on any atom is -0.481 e. The molecule has 1 aliphatic rings. The molecule has 0 radical (unpaired) electrons. The SMILES string of the molecule is CC1CN(S(=O)(=O)c2ccc(CC(=O)O)cc2)CC(C)O1. The van der Waals surface area contributed by atoms with Crippen molar-refractivity contribution in [1.82, 2.24) is 4.31 Å². The zero-order valence-corrected chi connectivity index (χ0v) is 12.8. The first-order chi connectivity index (χ1) is 9.79. The second-order valence-electron chi connectivity index (χ2n) is 5.29. The molecular weight excluding hydrogens is 294 g/mol. The summed E-state index contributed by atoms with van der Waals surface area (Å²) in [7, 11) is -3.57. The predicted octanol–water partition coefficient (Wildman–Crippen LogP) is 1.11. The van der Waals surface area contributed by atoms with Crippen molar-refractivity contribution in [3.05, 3.63) is 29.8 Å². The molecule has 1 fully saturated rings. The molecule has 2 rings (SSSR count). The Morgan fingerprint density at radius 3 is 2.24 bits per heavy atom. The number of ether oxygens (including phenoxy) is 1. The van der Waals surface area contributed by atoms with Gasteiger partial charge in [0.15, 0.2) is 0 Å². The summed E-state index contributed by atoms with van der Waals surface area (Å²) in [6, 6.07) is 5.99. The molecule has 1 N–H and O–H groups in total. The van der Waals surface area contributed by atoms with Crippen molar-refractivity contribution >= 4 is 16.0 Å². The zero-order chi connectivity index (χ0) is 15.6. The number of sulfonamides is 1. The summed E-state index contributed by atoms with van der Waals surface area (Å²) in [5.41, 5.74) is 0.574. The molecule has 1 aromatic carbocycles. The van der Waals surface area contributed by atoms with Gasteiger partial charge in [0, 0.05) is 13.1 Å². The fraction of sp³-hybridized carbons (Fsp3) is 0.500. The maximum absolute atomic E-state index is 12.6. The Balaban J connectivity index is 2.21. The summed E-state index contributed by atoms with van der Waals surface area (Å²) in [6.45, 7) is 4.33. The van der Waals surface area contributed by atoms with E-state index in [1.54, 1.807) is 0 Å². The molecule has 1 saturated heterocycles. The van der Waals surface area contributed by atoms with Gasteiger partial charge in [-0.05, 0) is 31.5 Å². The van der Waals surface area contributed by atoms with E-state index in [0.29, 0.717) is 18.7 Å². The average Bonchev–Trinajstić information content (AvgIpc) is 2.37. The van der Waals surface area contributed by atoms with Gasteiger partial charge in [0.1, 0.15) is 0 Å². The van der Waals surface area contributed by atoms with Gasteiger partial charge in [0.05, 0.1) is 23.5 Å². The molecule has 2 unspecified atom stereocenters. The van der Waals surface area contributed by atoms with E-state index in [9.17, 15) is 13.2 Å². The molecule has 0 aromatic heterocycles. The summed E-state index contributed by atoms with van der Waals surface area (Å²) >= 11 is 0. The van der Waals surface area contributed by atoms with E-state index in [4.69, 9.17) is 9.84 Å². The third-order valence-corrected chi connectivity index (χ3v) is 5.15. The Morgan fingerprint density at radius 2 is 1.76 bits per heavy atom. The smallest absolute Gasteiger partial charge is 0.307 e. The molecule has 2 atom stereocenters. The molecule has 0 amide bonds. The zero-order valence-electron chi connectivity index (χ0n) is 12.0. The largest absolute Gasteiger partial charge is 0.481 e. The molecule has 0 saturated carbocycles. The topological polar surface area (TPSA) is 83.9 Å². The minimum atomic E-state index is -3.57. The summed E-state index contributed by atoms with van der Waals surface area (Å²) in [4.78, 5) is 10.8. The van der Waals surface area contributed by atoms with Crippen LogP contribution in [0.2, 0.25) is 0 Å². The number of carbonyl (C=O) groups is 1. The lowest BCUT2D eigenvalue weighted by Gasteiger charge is -2.34. The highest BCUT2D eigenvalue weighted by Crippen LogP contribution is 2.21. The first kappa shape index (κ1) is 15.9. The van der Waals surface area contributed by atoms with Crippen LogP contribution in [0.4, 0.5) is 0 Å². The van der Waals surface area contributed by atoms with Crippen molar-refractivity contribution in [2.75, 3.05) is 13.1 Å². The molecule has 0 aliphatic carbocycles. The Morgan fingerprint density at radius 1 is 1.24 bits per heavy atom. The number of hydrogen-bond acceptors (Lipinski definition) is 4. The van der Waals surface area contributed by atoms with Crippen molar-refractivity contribution in [1.29, 1.82) is 0 Å². The van der Waals surface area contributed by atoms with Crippen LogP contribution in [0.15, 0.2) is 29.2 Å². The number of carboxylic acids is 1. The summed E-state index contributed by atoms with van der Waals surface area (Å²) in [5.74, 6) is -0.943. The summed E-state index contributed by atoms with van der Waals surface area (Å²) < 4.78 is 32.1. The van der Waals surface area contributed by atoms with Crippen molar-refractivity contribution in [3.8, 4) is 0 Å². The number of morpholine rings is 1. The van der Waals surface area contributed by atoms with Crippen LogP contribution < -0.4 is 0 Å². The van der Waals surface area contributed by atoms with Crippen molar-refractivity contribution < 1.29 is 23.1 Å². The number of hydrogen-bond donors (Lipinski definition) is 1. The normalized spacial score (nSPS) is 23.9. The molecule has 1 aromatic rings. The van der Waals surface area contributed by atoms with E-state index in [1.165, 1.54) is 28.6 Å². The predicted molar refractivity (Wildman–Crippen MR) is 76.5 cm³/mol. The van der Waals surface area contributed by atoms with Gasteiger partial charge < -0.3 is 9.84 Å². The van der Waals surface area contributed by atoms with Crippen LogP contribution in [-0.2, 0) is 26.0 Å². The second kappa shape index (κ2) is 6.13. The molecule has 116 valence electrons. The monoisotopic (exact) mass is 313 g/mol. The van der Waals surface area contributed by atoms with Crippen molar-refractivity contribution in [2.24, 2.45) is 0 Å². The lowest BCUT2D eigenvalue weighted by atomic mass is 10.2. The molecule has 6 nitrogen and oxygen atoms in total. The lowest BCUT2D eigenvalue weighted by molar-refractivity contribution is -0.136. The molecule has 7 heteroatoms. The summed E-state index contributed by atoms with van der Waals surface area (Å²) in [6.07, 6.45) is -0.406. The van der Waals surface area contributed by atoms with Crippen molar-refractivity contribution in [2.45, 2.75) is 37.4 Å². The Hall–Kier alpha value is -1.44. The molecule has 0 bridgehead atoms. The Labute approximate surface area is 124 Å². The Kier molecular flexibility index (Phi) is 4.65. The van der Waals surface area contributed by atoms with E-state index in [0.717, 1.165) is 0 Å². The average molecular weight is 313 g/mol. The fourth-order valence-corrected chi connectivity index (χ4v) is 4.02. The van der Waals surface area contributed by atoms with Gasteiger partial charge in [-0.2, -0.15) is 4.31 Å². The molecule has 21 heavy (non-hydrogen) atoms. The third-order valence-electron chi connectivity index (χ3n) is 3.30. The number of benzene rings is 1. The van der Waals surface area contributed by atoms with Gasteiger partial charge in [0.25, 0.3) is 0 Å². The van der Waals surface area contributed by atoms with Crippen LogP contribution in [-0.4, -0.2) is 49.1 Å². The van der Waals surface area contributed by atoms with Crippen LogP contribution >= 0.6 is 0 Å². The number of nitrogens with zero attached hydrogens (tertiary/aromatic N) is 1. The van der Waals surface area contributed by atoms with Crippen LogP contribution in [0.25, 0.3) is 0 Å². The Bertz CT molecular complexity index is 601. The maximum atomic E-state index is 12.6. The lowest BCUT2D eigenvalue weighted by Crippen LogP contribution is -2.48. The quantitative estimate of drug-likeness (QED) is 0.900. The molecule has 0 spiro atoms. The first-order valence-corrected chi connectivity index (χ1v) is 8.19. The standard InChI is InChI=1S/C14H19NO5S/c1-10-8-15(9-11(2)20-10)21(18,19)13-5-3-12(4-6-13)7-14(16)17/h3-6,10-11H,7-9H2,1-2H3,(H,16,17). The van der Waals surface area contributed by atoms with Gasteiger partial charge in [-0.1, -0.05) is 12.1 Å². The van der Waals surface area contributed by atoms with Gasteiger partial charge in [-0.3, -0.25) is 4.79 Å². The highest BCUT2D eigenvalue weighted by Gasteiger charge is 2.32. The van der Waals surface area contributed by atoms with Gasteiger partial charge in [-0.15, -0.1) is 0 Å². The number of rotatable bonds is 4. The van der Waals surface area contributed by atoms with E-state index >= 15 is 0 Å². The number of aliphatic carboxylic acids is 1. The fourth-order valence-electron chi connectivity index (χ4n) is 2.43. The van der Waals surface area contributed by atoms with Crippen LogP contribution in [0.1, 0.15) is 19.4 Å². The van der Waals surface area contributed by atoms with Gasteiger partial charge in [0.2, 0.25) is 10.0 Å². The highest BCUT2D eigenvalue weighted by molar-refractivity contribution is 7.89. The first-order valence-electron chi connectivity index (χ1n) is 6.75. The number of carboxylic acid groups (broad SMARTS) is 1. The van der Waals surface area contributed by atoms with Crippen LogP contribution in [0.5, 0.6) is 0 Å². The third kappa shape index (κ3) is 3.81. The van der Waals surface area contributed by atoms with E-state index in [1.807, 2.05) is 13.8 Å². The summed E-state index contributed by atoms with van der Waals surface area (Å²) in [5, 5.41) is 8.72. The van der Waals surface area contributed by atoms with E-state index in [2.05, 4.69) is 0 Å². The van der Waals surface area contributed by atoms with E-state index < -0.39 is 16.0 Å². The van der Waals surface area contributed by atoms with Gasteiger partial charge >= 0.3 is 5.97 Å².